The fourth-order valence-electron chi connectivity index (χ4n) is 3.03. The molecule has 0 saturated heterocycles. The smallest absolute Gasteiger partial charge is 0.261 e. The van der Waals surface area contributed by atoms with Gasteiger partial charge < -0.3 is 15.7 Å². The average Bonchev–Trinajstić information content (AvgIpc) is 2.80. The maximum atomic E-state index is 13.0. The Labute approximate surface area is 196 Å². The van der Waals surface area contributed by atoms with Crippen LogP contribution in [0.25, 0.3) is 0 Å². The number of carbonyl (C=O) groups excluding carboxylic acids is 2. The van der Waals surface area contributed by atoms with Gasteiger partial charge in [0, 0.05) is 24.3 Å². The molecule has 0 radical (unpaired) electrons. The van der Waals surface area contributed by atoms with Crippen LogP contribution in [0.5, 0.6) is 5.75 Å². The monoisotopic (exact) mass is 485 g/mol. The van der Waals surface area contributed by atoms with Gasteiger partial charge in [-0.1, -0.05) is 18.2 Å². The third-order valence-corrected chi connectivity index (χ3v) is 6.16. The second kappa shape index (κ2) is 11.3. The number of aromatic hydroxyl groups is 1. The number of hydrogen-bond donors (Lipinski definition) is 4. The molecule has 34 heavy (non-hydrogen) atoms. The van der Waals surface area contributed by atoms with Crippen LogP contribution < -0.4 is 15.4 Å². The van der Waals surface area contributed by atoms with Crippen molar-refractivity contribution in [3.05, 3.63) is 89.7 Å². The van der Waals surface area contributed by atoms with Crippen molar-refractivity contribution in [2.75, 3.05) is 17.8 Å². The highest BCUT2D eigenvalue weighted by Gasteiger charge is 2.14. The summed E-state index contributed by atoms with van der Waals surface area (Å²) in [5.74, 6) is -1.03. The molecule has 2 amide bonds. The molecule has 0 aliphatic heterocycles. The van der Waals surface area contributed by atoms with Crippen LogP contribution in [0.2, 0.25) is 0 Å². The second-order valence-electron chi connectivity index (χ2n) is 7.44. The van der Waals surface area contributed by atoms with Gasteiger partial charge in [-0.25, -0.2) is 12.8 Å². The predicted molar refractivity (Wildman–Crippen MR) is 125 cm³/mol. The number of rotatable bonds is 10. The SMILES string of the molecule is O=C(Cc1ccc(NS(=O)(=O)c2ccc(F)cc2)cc1)NCCCNC(=O)c1cccc(O)c1. The zero-order valence-electron chi connectivity index (χ0n) is 18.1. The lowest BCUT2D eigenvalue weighted by atomic mass is 10.1. The Morgan fingerprint density at radius 3 is 2.24 bits per heavy atom. The molecule has 0 atom stereocenters. The van der Waals surface area contributed by atoms with Crippen LogP contribution in [0.4, 0.5) is 10.1 Å². The zero-order chi connectivity index (χ0) is 24.6. The first kappa shape index (κ1) is 24.7. The molecule has 0 unspecified atom stereocenters. The molecule has 10 heteroatoms. The van der Waals surface area contributed by atoms with Crippen molar-refractivity contribution in [1.29, 1.82) is 0 Å². The van der Waals surface area contributed by atoms with Gasteiger partial charge in [0.05, 0.1) is 11.3 Å². The number of anilines is 1. The largest absolute Gasteiger partial charge is 0.508 e. The summed E-state index contributed by atoms with van der Waals surface area (Å²) in [7, 11) is -3.85. The van der Waals surface area contributed by atoms with Crippen molar-refractivity contribution in [2.24, 2.45) is 0 Å². The third-order valence-electron chi connectivity index (χ3n) is 4.76. The van der Waals surface area contributed by atoms with E-state index in [0.29, 0.717) is 36.3 Å². The fourth-order valence-corrected chi connectivity index (χ4v) is 4.09. The van der Waals surface area contributed by atoms with E-state index in [2.05, 4.69) is 15.4 Å². The Kier molecular flexibility index (Phi) is 8.20. The van der Waals surface area contributed by atoms with Gasteiger partial charge in [-0.05, 0) is 66.6 Å². The van der Waals surface area contributed by atoms with Crippen molar-refractivity contribution in [1.82, 2.24) is 10.6 Å². The molecule has 0 aliphatic carbocycles. The Balaban J connectivity index is 1.39. The number of carbonyl (C=O) groups is 2. The number of benzene rings is 3. The summed E-state index contributed by atoms with van der Waals surface area (Å²) >= 11 is 0. The van der Waals surface area contributed by atoms with Gasteiger partial charge in [-0.15, -0.1) is 0 Å². The van der Waals surface area contributed by atoms with Crippen LogP contribution in [0.3, 0.4) is 0 Å². The van der Waals surface area contributed by atoms with E-state index in [4.69, 9.17) is 0 Å². The van der Waals surface area contributed by atoms with Gasteiger partial charge in [-0.2, -0.15) is 0 Å². The average molecular weight is 486 g/mol. The highest BCUT2D eigenvalue weighted by Crippen LogP contribution is 2.17. The van der Waals surface area contributed by atoms with Crippen molar-refractivity contribution in [3.63, 3.8) is 0 Å². The number of phenolic OH excluding ortho intramolecular Hbond substituents is 1. The number of hydrogen-bond acceptors (Lipinski definition) is 5. The van der Waals surface area contributed by atoms with E-state index in [-0.39, 0.29) is 28.9 Å². The van der Waals surface area contributed by atoms with E-state index in [1.54, 1.807) is 36.4 Å². The highest BCUT2D eigenvalue weighted by molar-refractivity contribution is 7.92. The van der Waals surface area contributed by atoms with E-state index < -0.39 is 15.8 Å². The van der Waals surface area contributed by atoms with Gasteiger partial charge >= 0.3 is 0 Å². The summed E-state index contributed by atoms with van der Waals surface area (Å²) in [5.41, 5.74) is 1.36. The number of phenols is 1. The van der Waals surface area contributed by atoms with Gasteiger partial charge in [0.15, 0.2) is 0 Å². The van der Waals surface area contributed by atoms with Crippen molar-refractivity contribution < 1.29 is 27.5 Å². The Morgan fingerprint density at radius 2 is 1.56 bits per heavy atom. The first-order valence-electron chi connectivity index (χ1n) is 10.4. The molecule has 0 aromatic heterocycles. The molecule has 0 spiro atoms. The van der Waals surface area contributed by atoms with E-state index >= 15 is 0 Å². The molecule has 4 N–H and O–H groups in total. The van der Waals surface area contributed by atoms with Crippen LogP contribution in [0.15, 0.2) is 77.7 Å². The van der Waals surface area contributed by atoms with Gasteiger partial charge in [0.2, 0.25) is 5.91 Å². The van der Waals surface area contributed by atoms with Crippen LogP contribution >= 0.6 is 0 Å². The molecule has 3 aromatic carbocycles. The molecular weight excluding hydrogens is 461 g/mol. The Morgan fingerprint density at radius 1 is 0.882 bits per heavy atom. The maximum absolute atomic E-state index is 13.0. The zero-order valence-corrected chi connectivity index (χ0v) is 18.9. The first-order chi connectivity index (χ1) is 16.2. The third kappa shape index (κ3) is 7.31. The maximum Gasteiger partial charge on any atom is 0.261 e. The molecule has 3 rings (SSSR count). The molecule has 8 nitrogen and oxygen atoms in total. The van der Waals surface area contributed by atoms with Gasteiger partial charge in [-0.3, -0.25) is 14.3 Å². The lowest BCUT2D eigenvalue weighted by Gasteiger charge is -2.10. The number of amides is 2. The Bertz CT molecular complexity index is 1250. The topological polar surface area (TPSA) is 125 Å². The first-order valence-corrected chi connectivity index (χ1v) is 11.9. The highest BCUT2D eigenvalue weighted by atomic mass is 32.2. The van der Waals surface area contributed by atoms with Crippen molar-refractivity contribution in [2.45, 2.75) is 17.7 Å². The molecule has 0 fully saturated rings. The molecule has 0 bridgehead atoms. The summed E-state index contributed by atoms with van der Waals surface area (Å²) in [6.45, 7) is 0.729. The van der Waals surface area contributed by atoms with Gasteiger partial charge in [0.25, 0.3) is 15.9 Å². The quantitative estimate of drug-likeness (QED) is 0.329. The predicted octanol–water partition coefficient (Wildman–Crippen LogP) is 2.81. The normalized spacial score (nSPS) is 11.0. The number of halogens is 1. The van der Waals surface area contributed by atoms with E-state index in [9.17, 15) is 27.5 Å². The lowest BCUT2D eigenvalue weighted by molar-refractivity contribution is -0.120. The Hall–Kier alpha value is -3.92. The van der Waals surface area contributed by atoms with Crippen molar-refractivity contribution >= 4 is 27.5 Å². The van der Waals surface area contributed by atoms with Gasteiger partial charge in [0.1, 0.15) is 11.6 Å². The number of nitrogens with one attached hydrogen (secondary N) is 3. The molecule has 178 valence electrons. The van der Waals surface area contributed by atoms with E-state index in [0.717, 1.165) is 12.1 Å². The molecule has 3 aromatic rings. The summed E-state index contributed by atoms with van der Waals surface area (Å²) in [6, 6.07) is 16.9. The minimum absolute atomic E-state index is 0.0123. The second-order valence-corrected chi connectivity index (χ2v) is 9.13. The van der Waals surface area contributed by atoms with Crippen molar-refractivity contribution in [3.8, 4) is 5.75 Å². The summed E-state index contributed by atoms with van der Waals surface area (Å²) < 4.78 is 40.1. The minimum atomic E-state index is -3.85. The van der Waals surface area contributed by atoms with Crippen LogP contribution in [-0.2, 0) is 21.2 Å². The fraction of sp³-hybridized carbons (Fsp3) is 0.167. The van der Waals surface area contributed by atoms with Crippen LogP contribution in [0.1, 0.15) is 22.3 Å². The molecular formula is C24H24FN3O5S. The standard InChI is InChI=1S/C24H24FN3O5S/c25-19-7-11-22(12-8-19)34(32,33)28-20-9-5-17(6-10-20)15-23(30)26-13-2-14-27-24(31)18-3-1-4-21(29)16-18/h1,3-12,16,28-29H,2,13-15H2,(H,26,30)(H,27,31). The summed E-state index contributed by atoms with van der Waals surface area (Å²) in [5, 5.41) is 14.9. The lowest BCUT2D eigenvalue weighted by Crippen LogP contribution is -2.30. The number of sulfonamides is 1. The minimum Gasteiger partial charge on any atom is -0.508 e. The molecule has 0 heterocycles. The van der Waals surface area contributed by atoms with Crippen LogP contribution in [0, 0.1) is 5.82 Å². The van der Waals surface area contributed by atoms with E-state index in [1.165, 1.54) is 24.3 Å². The summed E-state index contributed by atoms with van der Waals surface area (Å²) in [6.07, 6.45) is 0.640. The van der Waals surface area contributed by atoms with E-state index in [1.807, 2.05) is 0 Å². The molecule has 0 aliphatic rings. The molecule has 0 saturated carbocycles. The summed E-state index contributed by atoms with van der Waals surface area (Å²) in [4.78, 5) is 24.0. The van der Waals surface area contributed by atoms with Crippen LogP contribution in [-0.4, -0.2) is 38.4 Å².